The monoisotopic (exact) mass is 493 g/mol. The second-order valence-corrected chi connectivity index (χ2v) is 8.51. The fourth-order valence-electron chi connectivity index (χ4n) is 4.02. The Morgan fingerprint density at radius 3 is 2.47 bits per heavy atom. The van der Waals surface area contributed by atoms with Crippen molar-refractivity contribution in [2.45, 2.75) is 45.6 Å². The normalized spacial score (nSPS) is 16.6. The molecular formula is C26H27N3O7. The lowest BCUT2D eigenvalue weighted by atomic mass is 10.1. The number of ether oxygens (including phenoxy) is 2. The first-order chi connectivity index (χ1) is 17.3. The highest BCUT2D eigenvalue weighted by Crippen LogP contribution is 2.30. The molecule has 36 heavy (non-hydrogen) atoms. The summed E-state index contributed by atoms with van der Waals surface area (Å²) in [6, 6.07) is 8.84. The summed E-state index contributed by atoms with van der Waals surface area (Å²) in [6.07, 6.45) is 1.88. The third-order valence-corrected chi connectivity index (χ3v) is 5.99. The van der Waals surface area contributed by atoms with Crippen molar-refractivity contribution < 1.29 is 33.4 Å². The molecule has 0 saturated carbocycles. The highest BCUT2D eigenvalue weighted by Gasteiger charge is 2.38. The van der Waals surface area contributed by atoms with Crippen LogP contribution in [0.25, 0.3) is 0 Å². The number of nitrogens with one attached hydrogen (secondary N) is 2. The molecule has 10 nitrogen and oxygen atoms in total. The molecule has 4 amide bonds. The number of rotatable bonds is 8. The SMILES string of the molecule is CCC(=O)Nc1cc(NC(=O)c2ccc3c(c2)C(=O)N(CC2CCCO2)C3=O)ccc1OC(=O)CC. The van der Waals surface area contributed by atoms with Gasteiger partial charge in [-0.05, 0) is 49.2 Å². The van der Waals surface area contributed by atoms with E-state index in [0.717, 1.165) is 12.8 Å². The number of hydrogen-bond donors (Lipinski definition) is 2. The van der Waals surface area contributed by atoms with Gasteiger partial charge in [-0.3, -0.25) is 28.9 Å². The molecule has 2 aliphatic rings. The Morgan fingerprint density at radius 2 is 1.78 bits per heavy atom. The number of imide groups is 1. The highest BCUT2D eigenvalue weighted by molar-refractivity contribution is 6.22. The minimum atomic E-state index is -0.512. The number of carbonyl (C=O) groups is 5. The van der Waals surface area contributed by atoms with Gasteiger partial charge in [-0.25, -0.2) is 0 Å². The predicted molar refractivity (Wildman–Crippen MR) is 130 cm³/mol. The summed E-state index contributed by atoms with van der Waals surface area (Å²) >= 11 is 0. The maximum absolute atomic E-state index is 12.9. The van der Waals surface area contributed by atoms with Crippen LogP contribution in [0.4, 0.5) is 11.4 Å². The van der Waals surface area contributed by atoms with Gasteiger partial charge in [0, 0.05) is 30.7 Å². The summed E-state index contributed by atoms with van der Waals surface area (Å²) in [6.45, 7) is 4.14. The van der Waals surface area contributed by atoms with Crippen molar-refractivity contribution in [3.05, 3.63) is 53.1 Å². The number of anilines is 2. The van der Waals surface area contributed by atoms with Crippen molar-refractivity contribution in [3.63, 3.8) is 0 Å². The second kappa shape index (κ2) is 10.7. The van der Waals surface area contributed by atoms with Gasteiger partial charge < -0.3 is 20.1 Å². The molecule has 1 saturated heterocycles. The summed E-state index contributed by atoms with van der Waals surface area (Å²) in [5.41, 5.74) is 1.19. The summed E-state index contributed by atoms with van der Waals surface area (Å²) < 4.78 is 10.8. The van der Waals surface area contributed by atoms with Crippen LogP contribution in [0.15, 0.2) is 36.4 Å². The minimum absolute atomic E-state index is 0.157. The zero-order valence-corrected chi connectivity index (χ0v) is 20.1. The van der Waals surface area contributed by atoms with Crippen LogP contribution in [0.1, 0.15) is 70.6 Å². The molecule has 2 aromatic carbocycles. The number of fused-ring (bicyclic) bond motifs is 1. The standard InChI is InChI=1S/C26H27N3O7/c1-3-22(30)28-20-13-16(8-10-21(20)36-23(31)4-2)27-24(32)15-7-9-18-19(12-15)26(34)29(25(18)33)14-17-6-5-11-35-17/h7-10,12-13,17H,3-6,11,14H2,1-2H3,(H,27,32)(H,28,30). The maximum atomic E-state index is 12.9. The predicted octanol–water partition coefficient (Wildman–Crippen LogP) is 3.38. The summed E-state index contributed by atoms with van der Waals surface area (Å²) in [7, 11) is 0. The molecule has 1 unspecified atom stereocenters. The number of benzene rings is 2. The van der Waals surface area contributed by atoms with E-state index in [2.05, 4.69) is 10.6 Å². The minimum Gasteiger partial charge on any atom is -0.424 e. The fraction of sp³-hybridized carbons (Fsp3) is 0.346. The number of amides is 4. The van der Waals surface area contributed by atoms with E-state index in [1.54, 1.807) is 13.8 Å². The van der Waals surface area contributed by atoms with E-state index in [0.29, 0.717) is 12.3 Å². The smallest absolute Gasteiger partial charge is 0.310 e. The first kappa shape index (κ1) is 25.1. The lowest BCUT2D eigenvalue weighted by molar-refractivity contribution is -0.134. The number of hydrogen-bond acceptors (Lipinski definition) is 7. The van der Waals surface area contributed by atoms with Crippen LogP contribution in [0.2, 0.25) is 0 Å². The van der Waals surface area contributed by atoms with E-state index in [1.165, 1.54) is 41.3 Å². The zero-order chi connectivity index (χ0) is 25.8. The molecule has 4 rings (SSSR count). The molecular weight excluding hydrogens is 466 g/mol. The molecule has 2 heterocycles. The van der Waals surface area contributed by atoms with Crippen LogP contribution in [0.5, 0.6) is 5.75 Å². The second-order valence-electron chi connectivity index (χ2n) is 8.51. The number of nitrogens with zero attached hydrogens (tertiary/aromatic N) is 1. The summed E-state index contributed by atoms with van der Waals surface area (Å²) in [5, 5.41) is 5.37. The Morgan fingerprint density at radius 1 is 1.00 bits per heavy atom. The average Bonchev–Trinajstić information content (AvgIpc) is 3.48. The third-order valence-electron chi connectivity index (χ3n) is 5.99. The van der Waals surface area contributed by atoms with Crippen molar-refractivity contribution in [2.24, 2.45) is 0 Å². The highest BCUT2D eigenvalue weighted by atomic mass is 16.5. The molecule has 188 valence electrons. The van der Waals surface area contributed by atoms with E-state index in [1.807, 2.05) is 0 Å². The van der Waals surface area contributed by atoms with Gasteiger partial charge >= 0.3 is 5.97 Å². The average molecular weight is 494 g/mol. The Bertz CT molecular complexity index is 1230. The van der Waals surface area contributed by atoms with Crippen molar-refractivity contribution >= 4 is 41.0 Å². The van der Waals surface area contributed by atoms with Crippen LogP contribution in [-0.2, 0) is 14.3 Å². The topological polar surface area (TPSA) is 131 Å². The molecule has 1 fully saturated rings. The Kier molecular flexibility index (Phi) is 7.44. The summed E-state index contributed by atoms with van der Waals surface area (Å²) in [4.78, 5) is 63.4. The Balaban J connectivity index is 1.52. The van der Waals surface area contributed by atoms with Crippen LogP contribution in [0, 0.1) is 0 Å². The zero-order valence-electron chi connectivity index (χ0n) is 20.1. The first-order valence-electron chi connectivity index (χ1n) is 11.9. The van der Waals surface area contributed by atoms with Crippen LogP contribution in [-0.4, -0.2) is 53.8 Å². The number of esters is 1. The third kappa shape index (κ3) is 5.28. The van der Waals surface area contributed by atoms with Crippen molar-refractivity contribution in [3.8, 4) is 5.75 Å². The molecule has 0 radical (unpaired) electrons. The van der Waals surface area contributed by atoms with Crippen molar-refractivity contribution in [1.82, 2.24) is 4.90 Å². The van der Waals surface area contributed by atoms with E-state index in [4.69, 9.17) is 9.47 Å². The fourth-order valence-corrected chi connectivity index (χ4v) is 4.02. The quantitative estimate of drug-likeness (QED) is 0.327. The largest absolute Gasteiger partial charge is 0.424 e. The Hall–Kier alpha value is -4.05. The lowest BCUT2D eigenvalue weighted by Gasteiger charge is -2.17. The molecule has 2 aliphatic heterocycles. The number of carbonyl (C=O) groups excluding carboxylic acids is 5. The maximum Gasteiger partial charge on any atom is 0.310 e. The van der Waals surface area contributed by atoms with Gasteiger partial charge in [0.15, 0.2) is 5.75 Å². The van der Waals surface area contributed by atoms with Crippen LogP contribution < -0.4 is 15.4 Å². The first-order valence-corrected chi connectivity index (χ1v) is 11.9. The molecule has 0 aliphatic carbocycles. The van der Waals surface area contributed by atoms with Crippen LogP contribution >= 0.6 is 0 Å². The van der Waals surface area contributed by atoms with Gasteiger partial charge in [0.05, 0.1) is 29.5 Å². The molecule has 0 aromatic heterocycles. The van der Waals surface area contributed by atoms with E-state index in [-0.39, 0.29) is 59.5 Å². The molecule has 2 aromatic rings. The molecule has 0 bridgehead atoms. The molecule has 2 N–H and O–H groups in total. The van der Waals surface area contributed by atoms with Gasteiger partial charge in [0.2, 0.25) is 5.91 Å². The lowest BCUT2D eigenvalue weighted by Crippen LogP contribution is -2.36. The summed E-state index contributed by atoms with van der Waals surface area (Å²) in [5.74, 6) is -1.96. The van der Waals surface area contributed by atoms with Gasteiger partial charge in [0.1, 0.15) is 0 Å². The van der Waals surface area contributed by atoms with E-state index < -0.39 is 23.7 Å². The molecule has 0 spiro atoms. The van der Waals surface area contributed by atoms with Gasteiger partial charge in [-0.1, -0.05) is 13.8 Å². The van der Waals surface area contributed by atoms with Gasteiger partial charge in [0.25, 0.3) is 17.7 Å². The molecule has 10 heteroatoms. The molecule has 1 atom stereocenters. The van der Waals surface area contributed by atoms with Crippen molar-refractivity contribution in [2.75, 3.05) is 23.8 Å². The van der Waals surface area contributed by atoms with Gasteiger partial charge in [-0.2, -0.15) is 0 Å². The van der Waals surface area contributed by atoms with E-state index >= 15 is 0 Å². The van der Waals surface area contributed by atoms with Gasteiger partial charge in [-0.15, -0.1) is 0 Å². The van der Waals surface area contributed by atoms with Crippen molar-refractivity contribution in [1.29, 1.82) is 0 Å². The van der Waals surface area contributed by atoms with E-state index in [9.17, 15) is 24.0 Å². The Labute approximate surface area is 207 Å². The van der Waals surface area contributed by atoms with Crippen LogP contribution in [0.3, 0.4) is 0 Å².